The van der Waals surface area contributed by atoms with Crippen LogP contribution in [-0.2, 0) is 17.6 Å². The van der Waals surface area contributed by atoms with Crippen molar-refractivity contribution in [3.63, 3.8) is 0 Å². The molecular weight excluding hydrogens is 342 g/mol. The largest absolute Gasteiger partial charge is 0.487 e. The van der Waals surface area contributed by atoms with Crippen LogP contribution in [0.15, 0.2) is 47.1 Å². The van der Waals surface area contributed by atoms with Crippen molar-refractivity contribution in [1.82, 2.24) is 15.5 Å². The van der Waals surface area contributed by atoms with Gasteiger partial charge in [0.15, 0.2) is 0 Å². The van der Waals surface area contributed by atoms with Crippen molar-refractivity contribution < 1.29 is 14.1 Å². The van der Waals surface area contributed by atoms with Gasteiger partial charge < -0.3 is 14.6 Å². The third kappa shape index (κ3) is 3.56. The molecule has 1 N–H and O–H groups in total. The number of nitrogens with one attached hydrogen (secondary N) is 1. The molecule has 0 unspecified atom stereocenters. The maximum atomic E-state index is 12.3. The van der Waals surface area contributed by atoms with Gasteiger partial charge in [-0.15, -0.1) is 0 Å². The van der Waals surface area contributed by atoms with Gasteiger partial charge in [-0.3, -0.25) is 9.78 Å². The first kappa shape index (κ1) is 17.3. The number of aryl methyl sites for hydroxylation is 2. The van der Waals surface area contributed by atoms with Crippen molar-refractivity contribution in [2.45, 2.75) is 32.8 Å². The van der Waals surface area contributed by atoms with Crippen LogP contribution in [-0.4, -0.2) is 28.7 Å². The monoisotopic (exact) mass is 363 g/mol. The number of nitrogens with zero attached hydrogens (tertiary/aromatic N) is 2. The van der Waals surface area contributed by atoms with Crippen molar-refractivity contribution in [1.29, 1.82) is 0 Å². The SMILES string of the molecule is Cc1noc(C)c1CC(=O)NC[C@H]1Cc2cccc(-c3ccccn3)c2O1. The highest BCUT2D eigenvalue weighted by Gasteiger charge is 2.26. The normalized spacial score (nSPS) is 15.3. The summed E-state index contributed by atoms with van der Waals surface area (Å²) in [6.45, 7) is 4.12. The Labute approximate surface area is 157 Å². The fourth-order valence-electron chi connectivity index (χ4n) is 3.38. The summed E-state index contributed by atoms with van der Waals surface area (Å²) >= 11 is 0. The third-order valence-electron chi connectivity index (χ3n) is 4.81. The predicted octanol–water partition coefficient (Wildman–Crippen LogP) is 3.02. The number of carbonyl (C=O) groups is 1. The van der Waals surface area contributed by atoms with Gasteiger partial charge in [-0.05, 0) is 37.6 Å². The van der Waals surface area contributed by atoms with E-state index in [9.17, 15) is 4.79 Å². The van der Waals surface area contributed by atoms with E-state index in [0.717, 1.165) is 40.2 Å². The standard InChI is InChI=1S/C21H21N3O3/c1-13-18(14(2)27-24-13)11-20(25)23-12-16-10-15-6-5-7-17(21(15)26-16)19-8-3-4-9-22-19/h3-9,16H,10-12H2,1-2H3,(H,23,25)/t16-/m1/s1. The smallest absolute Gasteiger partial charge is 0.224 e. The van der Waals surface area contributed by atoms with Crippen molar-refractivity contribution in [3.05, 3.63) is 65.2 Å². The highest BCUT2D eigenvalue weighted by atomic mass is 16.5. The second-order valence-electron chi connectivity index (χ2n) is 6.74. The van der Waals surface area contributed by atoms with Gasteiger partial charge in [0, 0.05) is 23.7 Å². The van der Waals surface area contributed by atoms with E-state index in [1.807, 2.05) is 44.2 Å². The number of para-hydroxylation sites is 1. The Kier molecular flexibility index (Phi) is 4.62. The quantitative estimate of drug-likeness (QED) is 0.754. The lowest BCUT2D eigenvalue weighted by Gasteiger charge is -2.13. The molecule has 6 nitrogen and oxygen atoms in total. The molecule has 3 aromatic rings. The lowest BCUT2D eigenvalue weighted by Crippen LogP contribution is -2.35. The molecule has 0 fully saturated rings. The number of amides is 1. The lowest BCUT2D eigenvalue weighted by atomic mass is 10.0. The number of pyridine rings is 1. The molecule has 0 saturated heterocycles. The average molecular weight is 363 g/mol. The fourth-order valence-corrected chi connectivity index (χ4v) is 3.38. The van der Waals surface area contributed by atoms with Crippen molar-refractivity contribution in [2.75, 3.05) is 6.54 Å². The van der Waals surface area contributed by atoms with E-state index in [0.29, 0.717) is 12.3 Å². The Morgan fingerprint density at radius 2 is 2.11 bits per heavy atom. The molecule has 0 bridgehead atoms. The zero-order chi connectivity index (χ0) is 18.8. The highest BCUT2D eigenvalue weighted by Crippen LogP contribution is 2.37. The molecule has 1 aliphatic rings. The molecule has 6 heteroatoms. The van der Waals surface area contributed by atoms with Gasteiger partial charge in [-0.25, -0.2) is 0 Å². The second kappa shape index (κ2) is 7.23. The Balaban J connectivity index is 1.40. The molecule has 4 rings (SSSR count). The topological polar surface area (TPSA) is 77.3 Å². The Morgan fingerprint density at radius 3 is 2.85 bits per heavy atom. The van der Waals surface area contributed by atoms with Crippen LogP contribution in [0.2, 0.25) is 0 Å². The molecule has 0 radical (unpaired) electrons. The van der Waals surface area contributed by atoms with Crippen LogP contribution < -0.4 is 10.1 Å². The third-order valence-corrected chi connectivity index (χ3v) is 4.81. The van der Waals surface area contributed by atoms with E-state index in [-0.39, 0.29) is 18.4 Å². The molecule has 0 spiro atoms. The molecule has 138 valence electrons. The summed E-state index contributed by atoms with van der Waals surface area (Å²) in [7, 11) is 0. The maximum Gasteiger partial charge on any atom is 0.224 e. The molecule has 3 heterocycles. The van der Waals surface area contributed by atoms with E-state index < -0.39 is 0 Å². The van der Waals surface area contributed by atoms with Crippen LogP contribution in [0.3, 0.4) is 0 Å². The minimum atomic E-state index is -0.0847. The summed E-state index contributed by atoms with van der Waals surface area (Å²) in [6.07, 6.45) is 2.72. The Hall–Kier alpha value is -3.15. The number of ether oxygens (including phenoxy) is 1. The van der Waals surface area contributed by atoms with Gasteiger partial charge >= 0.3 is 0 Å². The van der Waals surface area contributed by atoms with Crippen LogP contribution >= 0.6 is 0 Å². The van der Waals surface area contributed by atoms with Crippen LogP contribution in [0.1, 0.15) is 22.6 Å². The summed E-state index contributed by atoms with van der Waals surface area (Å²) in [4.78, 5) is 16.7. The molecule has 1 atom stereocenters. The number of aromatic nitrogens is 2. The molecule has 1 amide bonds. The van der Waals surface area contributed by atoms with Gasteiger partial charge in [0.2, 0.25) is 5.91 Å². The molecule has 0 aliphatic carbocycles. The lowest BCUT2D eigenvalue weighted by molar-refractivity contribution is -0.120. The van der Waals surface area contributed by atoms with E-state index in [2.05, 4.69) is 21.5 Å². The van der Waals surface area contributed by atoms with E-state index in [1.165, 1.54) is 0 Å². The van der Waals surface area contributed by atoms with E-state index >= 15 is 0 Å². The minimum Gasteiger partial charge on any atom is -0.487 e. The summed E-state index contributed by atoms with van der Waals surface area (Å²) in [5, 5.41) is 6.85. The number of benzene rings is 1. The van der Waals surface area contributed by atoms with E-state index in [1.54, 1.807) is 6.20 Å². The summed E-state index contributed by atoms with van der Waals surface area (Å²) in [5.74, 6) is 1.49. The number of hydrogen-bond donors (Lipinski definition) is 1. The predicted molar refractivity (Wildman–Crippen MR) is 100 cm³/mol. The number of carbonyl (C=O) groups excluding carboxylic acids is 1. The highest BCUT2D eigenvalue weighted by molar-refractivity contribution is 5.79. The summed E-state index contributed by atoms with van der Waals surface area (Å²) in [6, 6.07) is 11.9. The molecular formula is C21H21N3O3. The van der Waals surface area contributed by atoms with Gasteiger partial charge in [-0.2, -0.15) is 0 Å². The fraction of sp³-hybridized carbons (Fsp3) is 0.286. The average Bonchev–Trinajstić information content (AvgIpc) is 3.25. The number of fused-ring (bicyclic) bond motifs is 1. The molecule has 1 aromatic carbocycles. The molecule has 2 aromatic heterocycles. The first-order valence-electron chi connectivity index (χ1n) is 9.00. The van der Waals surface area contributed by atoms with E-state index in [4.69, 9.17) is 9.26 Å². The van der Waals surface area contributed by atoms with Gasteiger partial charge in [0.05, 0.1) is 24.4 Å². The zero-order valence-electron chi connectivity index (χ0n) is 15.4. The van der Waals surface area contributed by atoms with Crippen molar-refractivity contribution in [3.8, 4) is 17.0 Å². The Morgan fingerprint density at radius 1 is 1.22 bits per heavy atom. The Bertz CT molecular complexity index is 947. The zero-order valence-corrected chi connectivity index (χ0v) is 15.4. The van der Waals surface area contributed by atoms with Gasteiger partial charge in [0.25, 0.3) is 0 Å². The summed E-state index contributed by atoms with van der Waals surface area (Å²) < 4.78 is 11.3. The first-order chi connectivity index (χ1) is 13.1. The first-order valence-corrected chi connectivity index (χ1v) is 9.00. The van der Waals surface area contributed by atoms with Crippen molar-refractivity contribution >= 4 is 5.91 Å². The summed E-state index contributed by atoms with van der Waals surface area (Å²) in [5.41, 5.74) is 4.62. The maximum absolute atomic E-state index is 12.3. The van der Waals surface area contributed by atoms with Crippen LogP contribution in [0, 0.1) is 13.8 Å². The molecule has 0 saturated carbocycles. The van der Waals surface area contributed by atoms with Gasteiger partial charge in [0.1, 0.15) is 17.6 Å². The molecule has 1 aliphatic heterocycles. The second-order valence-corrected chi connectivity index (χ2v) is 6.74. The number of hydrogen-bond acceptors (Lipinski definition) is 5. The van der Waals surface area contributed by atoms with Crippen LogP contribution in [0.5, 0.6) is 5.75 Å². The number of rotatable bonds is 5. The van der Waals surface area contributed by atoms with Crippen LogP contribution in [0.25, 0.3) is 11.3 Å². The van der Waals surface area contributed by atoms with Crippen LogP contribution in [0.4, 0.5) is 0 Å². The minimum absolute atomic E-state index is 0.0612. The van der Waals surface area contributed by atoms with Gasteiger partial charge in [-0.1, -0.05) is 23.4 Å². The molecule has 27 heavy (non-hydrogen) atoms. The van der Waals surface area contributed by atoms with Crippen molar-refractivity contribution in [2.24, 2.45) is 0 Å².